The number of para-hydroxylation sites is 1. The Kier molecular flexibility index (Phi) is 2.49. The second-order valence-corrected chi connectivity index (χ2v) is 4.79. The molecule has 0 bridgehead atoms. The summed E-state index contributed by atoms with van der Waals surface area (Å²) in [4.78, 5) is 16.3. The lowest BCUT2D eigenvalue weighted by atomic mass is 10.2. The maximum Gasteiger partial charge on any atom is 0.152 e. The average Bonchev–Trinajstić information content (AvgIpc) is 2.98. The van der Waals surface area contributed by atoms with Crippen molar-refractivity contribution in [2.45, 2.75) is 6.54 Å². The number of benzene rings is 1. The quantitative estimate of drug-likeness (QED) is 0.662. The monoisotopic (exact) mass is 242 g/mol. The molecular formula is C13H10N2OS. The van der Waals surface area contributed by atoms with E-state index in [-0.39, 0.29) is 0 Å². The Morgan fingerprint density at radius 1 is 1.35 bits per heavy atom. The Morgan fingerprint density at radius 2 is 2.24 bits per heavy atom. The molecule has 0 aliphatic rings. The van der Waals surface area contributed by atoms with E-state index in [1.165, 1.54) is 4.88 Å². The summed E-state index contributed by atoms with van der Waals surface area (Å²) in [6.07, 6.45) is 4.67. The van der Waals surface area contributed by atoms with E-state index >= 15 is 0 Å². The van der Waals surface area contributed by atoms with Crippen molar-refractivity contribution < 1.29 is 4.79 Å². The van der Waals surface area contributed by atoms with Crippen LogP contribution in [0.25, 0.3) is 10.9 Å². The number of fused-ring (bicyclic) bond motifs is 1. The van der Waals surface area contributed by atoms with Crippen molar-refractivity contribution in [2.24, 2.45) is 0 Å². The lowest BCUT2D eigenvalue weighted by Crippen LogP contribution is -1.95. The molecule has 2 aromatic heterocycles. The lowest BCUT2D eigenvalue weighted by Gasteiger charge is -2.01. The van der Waals surface area contributed by atoms with Crippen LogP contribution in [0.1, 0.15) is 15.2 Å². The number of aldehydes is 1. The van der Waals surface area contributed by atoms with Crippen molar-refractivity contribution >= 4 is 28.5 Å². The van der Waals surface area contributed by atoms with Gasteiger partial charge in [0.2, 0.25) is 0 Å². The van der Waals surface area contributed by atoms with Crippen LogP contribution in [0.5, 0.6) is 0 Å². The Balaban J connectivity index is 2.13. The van der Waals surface area contributed by atoms with E-state index in [1.807, 2.05) is 42.2 Å². The molecule has 1 aromatic carbocycles. The molecule has 0 aliphatic carbocycles. The molecule has 0 unspecified atom stereocenters. The molecule has 2 heterocycles. The maximum atomic E-state index is 11.0. The van der Waals surface area contributed by atoms with Crippen molar-refractivity contribution in [1.82, 2.24) is 9.55 Å². The average molecular weight is 242 g/mol. The summed E-state index contributed by atoms with van der Waals surface area (Å²) in [6, 6.07) is 7.94. The molecular weight excluding hydrogens is 232 g/mol. The molecule has 17 heavy (non-hydrogen) atoms. The highest BCUT2D eigenvalue weighted by atomic mass is 32.1. The molecule has 0 saturated heterocycles. The Labute approximate surface area is 102 Å². The summed E-state index contributed by atoms with van der Waals surface area (Å²) in [5, 5.41) is 1.01. The first-order valence-electron chi connectivity index (χ1n) is 5.29. The zero-order valence-corrected chi connectivity index (χ0v) is 9.85. The Bertz CT molecular complexity index is 655. The van der Waals surface area contributed by atoms with Crippen LogP contribution in [0.15, 0.2) is 42.2 Å². The van der Waals surface area contributed by atoms with E-state index in [0.717, 1.165) is 29.3 Å². The molecule has 0 N–H and O–H groups in total. The van der Waals surface area contributed by atoms with Crippen LogP contribution in [0.4, 0.5) is 0 Å². The predicted molar refractivity (Wildman–Crippen MR) is 68.5 cm³/mol. The number of carbonyl (C=O) groups excluding carboxylic acids is 1. The molecule has 0 spiro atoms. The number of thiazole rings is 1. The Hall–Kier alpha value is -1.94. The fourth-order valence-electron chi connectivity index (χ4n) is 1.99. The summed E-state index contributed by atoms with van der Waals surface area (Å²) in [5.74, 6) is 0. The van der Waals surface area contributed by atoms with Gasteiger partial charge in [0.05, 0.1) is 12.1 Å². The van der Waals surface area contributed by atoms with E-state index in [1.54, 1.807) is 11.3 Å². The van der Waals surface area contributed by atoms with Gasteiger partial charge in [-0.15, -0.1) is 11.3 Å². The van der Waals surface area contributed by atoms with Gasteiger partial charge in [0.25, 0.3) is 0 Å². The maximum absolute atomic E-state index is 11.0. The third-order valence-corrected chi connectivity index (χ3v) is 3.52. The molecule has 4 heteroatoms. The first-order chi connectivity index (χ1) is 8.38. The molecule has 3 nitrogen and oxygen atoms in total. The van der Waals surface area contributed by atoms with E-state index < -0.39 is 0 Å². The van der Waals surface area contributed by atoms with Crippen LogP contribution in [0.2, 0.25) is 0 Å². The van der Waals surface area contributed by atoms with Crippen molar-refractivity contribution in [3.63, 3.8) is 0 Å². The minimum Gasteiger partial charge on any atom is -0.341 e. The Morgan fingerprint density at radius 3 is 3.00 bits per heavy atom. The molecule has 0 aliphatic heterocycles. The van der Waals surface area contributed by atoms with Gasteiger partial charge in [0.1, 0.15) is 0 Å². The molecule has 3 aromatic rings. The largest absolute Gasteiger partial charge is 0.341 e. The SMILES string of the molecule is O=Cc1cn(Cc2cncs2)c2ccccc12. The number of carbonyl (C=O) groups is 1. The van der Waals surface area contributed by atoms with Gasteiger partial charge in [-0.25, -0.2) is 0 Å². The van der Waals surface area contributed by atoms with Gasteiger partial charge >= 0.3 is 0 Å². The zero-order chi connectivity index (χ0) is 11.7. The van der Waals surface area contributed by atoms with Crippen LogP contribution in [0, 0.1) is 0 Å². The van der Waals surface area contributed by atoms with Gasteiger partial charge < -0.3 is 4.57 Å². The summed E-state index contributed by atoms with van der Waals surface area (Å²) >= 11 is 1.62. The molecule has 3 rings (SSSR count). The van der Waals surface area contributed by atoms with Gasteiger partial charge in [-0.1, -0.05) is 18.2 Å². The fraction of sp³-hybridized carbons (Fsp3) is 0.0769. The van der Waals surface area contributed by atoms with E-state index in [4.69, 9.17) is 0 Å². The third-order valence-electron chi connectivity index (χ3n) is 2.76. The summed E-state index contributed by atoms with van der Waals surface area (Å²) in [7, 11) is 0. The van der Waals surface area contributed by atoms with Crippen molar-refractivity contribution in [2.75, 3.05) is 0 Å². The molecule has 84 valence electrons. The molecule has 0 amide bonds. The summed E-state index contributed by atoms with van der Waals surface area (Å²) in [6.45, 7) is 0.763. The third kappa shape index (κ3) is 1.76. The molecule has 0 fully saturated rings. The van der Waals surface area contributed by atoms with Gasteiger partial charge in [-0.2, -0.15) is 0 Å². The van der Waals surface area contributed by atoms with Gasteiger partial charge in [0, 0.05) is 33.7 Å². The van der Waals surface area contributed by atoms with Crippen LogP contribution in [-0.2, 0) is 6.54 Å². The lowest BCUT2D eigenvalue weighted by molar-refractivity contribution is 0.112. The number of hydrogen-bond donors (Lipinski definition) is 0. The highest BCUT2D eigenvalue weighted by Crippen LogP contribution is 2.21. The van der Waals surface area contributed by atoms with Gasteiger partial charge in [-0.3, -0.25) is 9.78 Å². The smallest absolute Gasteiger partial charge is 0.152 e. The highest BCUT2D eigenvalue weighted by Gasteiger charge is 2.07. The van der Waals surface area contributed by atoms with E-state index in [2.05, 4.69) is 9.55 Å². The minimum absolute atomic E-state index is 0.741. The van der Waals surface area contributed by atoms with Gasteiger partial charge in [-0.05, 0) is 6.07 Å². The summed E-state index contributed by atoms with van der Waals surface area (Å²) in [5.41, 5.74) is 3.65. The normalized spacial score (nSPS) is 10.8. The predicted octanol–water partition coefficient (Wildman–Crippen LogP) is 2.96. The topological polar surface area (TPSA) is 34.9 Å². The van der Waals surface area contributed by atoms with Crippen LogP contribution in [0.3, 0.4) is 0 Å². The molecule has 0 atom stereocenters. The van der Waals surface area contributed by atoms with E-state index in [0.29, 0.717) is 0 Å². The van der Waals surface area contributed by atoms with Crippen molar-refractivity contribution in [3.8, 4) is 0 Å². The molecule has 0 saturated carbocycles. The standard InChI is InChI=1S/C13H10N2OS/c16-8-10-6-15(7-11-5-14-9-17-11)13-4-2-1-3-12(10)13/h1-6,8-9H,7H2. The zero-order valence-electron chi connectivity index (χ0n) is 9.04. The van der Waals surface area contributed by atoms with Crippen LogP contribution >= 0.6 is 11.3 Å². The number of nitrogens with zero attached hydrogens (tertiary/aromatic N) is 2. The second-order valence-electron chi connectivity index (χ2n) is 3.82. The van der Waals surface area contributed by atoms with E-state index in [9.17, 15) is 4.79 Å². The number of aromatic nitrogens is 2. The second kappa shape index (κ2) is 4.14. The van der Waals surface area contributed by atoms with Crippen molar-refractivity contribution in [1.29, 1.82) is 0 Å². The van der Waals surface area contributed by atoms with Crippen LogP contribution < -0.4 is 0 Å². The highest BCUT2D eigenvalue weighted by molar-refractivity contribution is 7.09. The first kappa shape index (κ1) is 10.2. The van der Waals surface area contributed by atoms with Crippen LogP contribution in [-0.4, -0.2) is 15.8 Å². The van der Waals surface area contributed by atoms with Crippen molar-refractivity contribution in [3.05, 3.63) is 52.6 Å². The first-order valence-corrected chi connectivity index (χ1v) is 6.17. The number of hydrogen-bond acceptors (Lipinski definition) is 3. The number of rotatable bonds is 3. The molecule has 0 radical (unpaired) electrons. The van der Waals surface area contributed by atoms with Gasteiger partial charge in [0.15, 0.2) is 6.29 Å². The fourth-order valence-corrected chi connectivity index (χ4v) is 2.58. The minimum atomic E-state index is 0.741. The summed E-state index contributed by atoms with van der Waals surface area (Å²) < 4.78 is 2.09.